The smallest absolute Gasteiger partial charge is 0.240 e. The average Bonchev–Trinajstić information content (AvgIpc) is 2.99. The standard InChI is InChI=1S/C18H19N3O3S/c1-13-7-8-16-17(9-13)21-14(11-24-12-18(21)20-16)10-19-25(22,23)15-5-3-2-4-6-15/h2-9,14,19H,10-12H2,1H3/t14-/m0/s1. The Bertz CT molecular complexity index is 1010. The van der Waals surface area contributed by atoms with Crippen molar-refractivity contribution in [2.75, 3.05) is 13.2 Å². The van der Waals surface area contributed by atoms with Crippen LogP contribution in [0.5, 0.6) is 0 Å². The zero-order valence-electron chi connectivity index (χ0n) is 13.8. The summed E-state index contributed by atoms with van der Waals surface area (Å²) in [6.45, 7) is 3.18. The number of nitrogens with one attached hydrogen (secondary N) is 1. The Morgan fingerprint density at radius 2 is 2.04 bits per heavy atom. The van der Waals surface area contributed by atoms with E-state index in [1.54, 1.807) is 30.3 Å². The maximum absolute atomic E-state index is 12.5. The first kappa shape index (κ1) is 16.3. The summed E-state index contributed by atoms with van der Waals surface area (Å²) in [6, 6.07) is 14.3. The number of aryl methyl sites for hydroxylation is 1. The van der Waals surface area contributed by atoms with Crippen molar-refractivity contribution in [2.24, 2.45) is 0 Å². The fourth-order valence-corrected chi connectivity index (χ4v) is 4.26. The van der Waals surface area contributed by atoms with E-state index in [2.05, 4.69) is 20.3 Å². The molecule has 4 rings (SSSR count). The Hall–Kier alpha value is -2.22. The van der Waals surface area contributed by atoms with Crippen LogP contribution in [0.15, 0.2) is 53.4 Å². The van der Waals surface area contributed by atoms with Crippen LogP contribution in [0.3, 0.4) is 0 Å². The molecule has 0 radical (unpaired) electrons. The Morgan fingerprint density at radius 3 is 2.84 bits per heavy atom. The van der Waals surface area contributed by atoms with Gasteiger partial charge < -0.3 is 9.30 Å². The van der Waals surface area contributed by atoms with Crippen molar-refractivity contribution in [1.29, 1.82) is 0 Å². The molecule has 2 heterocycles. The van der Waals surface area contributed by atoms with E-state index in [1.807, 2.05) is 19.1 Å². The molecular formula is C18H19N3O3S. The summed E-state index contributed by atoms with van der Waals surface area (Å²) in [5, 5.41) is 0. The van der Waals surface area contributed by atoms with Crippen molar-refractivity contribution in [2.45, 2.75) is 24.5 Å². The van der Waals surface area contributed by atoms with E-state index in [9.17, 15) is 8.42 Å². The van der Waals surface area contributed by atoms with Gasteiger partial charge in [0.1, 0.15) is 12.4 Å². The van der Waals surface area contributed by atoms with Gasteiger partial charge in [0.15, 0.2) is 0 Å². The normalized spacial score (nSPS) is 17.6. The van der Waals surface area contributed by atoms with Crippen LogP contribution in [0.25, 0.3) is 11.0 Å². The minimum Gasteiger partial charge on any atom is -0.371 e. The number of imidazole rings is 1. The van der Waals surface area contributed by atoms with E-state index in [0.29, 0.717) is 13.2 Å². The van der Waals surface area contributed by atoms with Gasteiger partial charge in [0.05, 0.1) is 28.6 Å². The molecular weight excluding hydrogens is 338 g/mol. The molecule has 2 aromatic carbocycles. The van der Waals surface area contributed by atoms with Crippen molar-refractivity contribution < 1.29 is 13.2 Å². The van der Waals surface area contributed by atoms with Crippen molar-refractivity contribution in [3.63, 3.8) is 0 Å². The average molecular weight is 357 g/mol. The summed E-state index contributed by atoms with van der Waals surface area (Å²) < 4.78 is 35.3. The summed E-state index contributed by atoms with van der Waals surface area (Å²) >= 11 is 0. The van der Waals surface area contributed by atoms with Gasteiger partial charge in [-0.1, -0.05) is 24.3 Å². The molecule has 7 heteroatoms. The van der Waals surface area contributed by atoms with Gasteiger partial charge in [-0.2, -0.15) is 0 Å². The lowest BCUT2D eigenvalue weighted by molar-refractivity contribution is 0.0581. The first-order chi connectivity index (χ1) is 12.0. The van der Waals surface area contributed by atoms with E-state index in [1.165, 1.54) is 0 Å². The molecule has 0 saturated carbocycles. The van der Waals surface area contributed by atoms with Crippen molar-refractivity contribution in [3.05, 3.63) is 59.9 Å². The fourth-order valence-electron chi connectivity index (χ4n) is 3.16. The van der Waals surface area contributed by atoms with Crippen LogP contribution in [0.4, 0.5) is 0 Å². The lowest BCUT2D eigenvalue weighted by Crippen LogP contribution is -2.35. The van der Waals surface area contributed by atoms with Crippen LogP contribution in [0.2, 0.25) is 0 Å². The number of hydrogen-bond acceptors (Lipinski definition) is 4. The molecule has 0 bridgehead atoms. The Morgan fingerprint density at radius 1 is 1.24 bits per heavy atom. The second kappa shape index (κ2) is 6.25. The third kappa shape index (κ3) is 3.06. The molecule has 1 aliphatic rings. The highest BCUT2D eigenvalue weighted by atomic mass is 32.2. The molecule has 1 aliphatic heterocycles. The van der Waals surface area contributed by atoms with Crippen molar-refractivity contribution in [1.82, 2.24) is 14.3 Å². The largest absolute Gasteiger partial charge is 0.371 e. The SMILES string of the molecule is Cc1ccc2nc3n(c2c1)[C@@H](CNS(=O)(=O)c1ccccc1)COC3. The minimum atomic E-state index is -3.55. The quantitative estimate of drug-likeness (QED) is 0.778. The van der Waals surface area contributed by atoms with Crippen molar-refractivity contribution in [3.8, 4) is 0 Å². The van der Waals surface area contributed by atoms with E-state index in [-0.39, 0.29) is 17.5 Å². The van der Waals surface area contributed by atoms with Gasteiger partial charge in [0, 0.05) is 6.54 Å². The number of hydrogen-bond donors (Lipinski definition) is 1. The second-order valence-electron chi connectivity index (χ2n) is 6.22. The van der Waals surface area contributed by atoms with Crippen LogP contribution >= 0.6 is 0 Å². The number of benzene rings is 2. The number of rotatable bonds is 4. The van der Waals surface area contributed by atoms with Crippen molar-refractivity contribution >= 4 is 21.1 Å². The molecule has 1 N–H and O–H groups in total. The molecule has 1 aromatic heterocycles. The monoisotopic (exact) mass is 357 g/mol. The topological polar surface area (TPSA) is 73.2 Å². The van der Waals surface area contributed by atoms with Crippen LogP contribution in [-0.2, 0) is 21.4 Å². The van der Waals surface area contributed by atoms with Gasteiger partial charge in [-0.25, -0.2) is 18.1 Å². The van der Waals surface area contributed by atoms with Gasteiger partial charge in [-0.3, -0.25) is 0 Å². The number of aromatic nitrogens is 2. The summed E-state index contributed by atoms with van der Waals surface area (Å²) in [6.07, 6.45) is 0. The molecule has 0 unspecified atom stereocenters. The van der Waals surface area contributed by atoms with Crippen LogP contribution in [0.1, 0.15) is 17.4 Å². The molecule has 25 heavy (non-hydrogen) atoms. The highest BCUT2D eigenvalue weighted by Gasteiger charge is 2.25. The zero-order valence-corrected chi connectivity index (χ0v) is 14.7. The predicted octanol–water partition coefficient (Wildman–Crippen LogP) is 2.39. The molecule has 0 spiro atoms. The molecule has 1 atom stereocenters. The Kier molecular flexibility index (Phi) is 4.07. The fraction of sp³-hybridized carbons (Fsp3) is 0.278. The third-order valence-corrected chi connectivity index (χ3v) is 5.83. The first-order valence-corrected chi connectivity index (χ1v) is 9.63. The molecule has 130 valence electrons. The van der Waals surface area contributed by atoms with Gasteiger partial charge in [-0.15, -0.1) is 0 Å². The highest BCUT2D eigenvalue weighted by molar-refractivity contribution is 7.89. The number of sulfonamides is 1. The lowest BCUT2D eigenvalue weighted by Gasteiger charge is -2.26. The summed E-state index contributed by atoms with van der Waals surface area (Å²) in [5.41, 5.74) is 3.06. The molecule has 0 aliphatic carbocycles. The maximum Gasteiger partial charge on any atom is 0.240 e. The van der Waals surface area contributed by atoms with Gasteiger partial charge in [0.25, 0.3) is 0 Å². The maximum atomic E-state index is 12.5. The third-order valence-electron chi connectivity index (χ3n) is 4.39. The van der Waals surface area contributed by atoms with E-state index >= 15 is 0 Å². The first-order valence-electron chi connectivity index (χ1n) is 8.14. The Balaban J connectivity index is 1.63. The second-order valence-corrected chi connectivity index (χ2v) is 7.99. The van der Waals surface area contributed by atoms with Gasteiger partial charge in [0.2, 0.25) is 10.0 Å². The van der Waals surface area contributed by atoms with Gasteiger partial charge in [-0.05, 0) is 36.8 Å². The molecule has 3 aromatic rings. The minimum absolute atomic E-state index is 0.131. The molecule has 0 fully saturated rings. The van der Waals surface area contributed by atoms with Gasteiger partial charge >= 0.3 is 0 Å². The summed E-state index contributed by atoms with van der Waals surface area (Å²) in [7, 11) is -3.55. The number of ether oxygens (including phenoxy) is 1. The summed E-state index contributed by atoms with van der Waals surface area (Å²) in [5.74, 6) is 0.829. The molecule has 0 amide bonds. The van der Waals surface area contributed by atoms with E-state index in [4.69, 9.17) is 4.74 Å². The highest BCUT2D eigenvalue weighted by Crippen LogP contribution is 2.26. The van der Waals surface area contributed by atoms with E-state index in [0.717, 1.165) is 22.4 Å². The number of fused-ring (bicyclic) bond motifs is 3. The molecule has 6 nitrogen and oxygen atoms in total. The van der Waals surface area contributed by atoms with Crippen LogP contribution < -0.4 is 4.72 Å². The van der Waals surface area contributed by atoms with Crippen LogP contribution in [0, 0.1) is 6.92 Å². The lowest BCUT2D eigenvalue weighted by atomic mass is 10.2. The molecule has 0 saturated heterocycles. The Labute approximate surface area is 146 Å². The number of nitrogens with zero attached hydrogens (tertiary/aromatic N) is 2. The summed E-state index contributed by atoms with van der Waals surface area (Å²) in [4.78, 5) is 4.87. The van der Waals surface area contributed by atoms with Crippen LogP contribution in [-0.4, -0.2) is 31.1 Å². The zero-order chi connectivity index (χ0) is 17.4. The predicted molar refractivity (Wildman–Crippen MR) is 94.8 cm³/mol. The van der Waals surface area contributed by atoms with E-state index < -0.39 is 10.0 Å².